The fourth-order valence-corrected chi connectivity index (χ4v) is 5.01. The molecule has 4 amide bonds. The zero-order chi connectivity index (χ0) is 24.6. The van der Waals surface area contributed by atoms with Crippen LogP contribution in [0.4, 0.5) is 4.79 Å². The molecule has 0 spiro atoms. The Balaban J connectivity index is 1.22. The number of carbonyl (C=O) groups excluding carboxylic acids is 3. The number of imide groups is 1. The lowest BCUT2D eigenvalue weighted by molar-refractivity contribution is -0.124. The zero-order valence-electron chi connectivity index (χ0n) is 20.0. The van der Waals surface area contributed by atoms with E-state index in [1.807, 2.05) is 22.7 Å². The van der Waals surface area contributed by atoms with Gasteiger partial charge in [-0.1, -0.05) is 36.8 Å². The number of aromatic nitrogens is 2. The number of hydrogen-bond acceptors (Lipinski definition) is 4. The van der Waals surface area contributed by atoms with Crippen molar-refractivity contribution >= 4 is 17.8 Å². The van der Waals surface area contributed by atoms with E-state index in [2.05, 4.69) is 53.0 Å². The van der Waals surface area contributed by atoms with Crippen molar-refractivity contribution in [1.29, 1.82) is 0 Å². The van der Waals surface area contributed by atoms with Crippen LogP contribution in [0.2, 0.25) is 0 Å². The molecule has 5 rings (SSSR count). The number of carbonyl (C=O) groups is 3. The predicted molar refractivity (Wildman–Crippen MR) is 131 cm³/mol. The second kappa shape index (κ2) is 9.02. The first kappa shape index (κ1) is 22.8. The summed E-state index contributed by atoms with van der Waals surface area (Å²) in [5.74, 6) is -0.0661. The minimum atomic E-state index is -1.08. The normalized spacial score (nSPS) is 20.6. The number of nitrogens with one attached hydrogen (secondary N) is 2. The summed E-state index contributed by atoms with van der Waals surface area (Å²) in [4.78, 5) is 43.7. The molecule has 180 valence electrons. The molecule has 0 bridgehead atoms. The summed E-state index contributed by atoms with van der Waals surface area (Å²) in [5.41, 5.74) is 3.53. The molecule has 3 aromatic rings. The molecule has 2 aliphatic heterocycles. The van der Waals surface area contributed by atoms with Crippen molar-refractivity contribution in [2.45, 2.75) is 44.6 Å². The van der Waals surface area contributed by atoms with E-state index in [1.54, 1.807) is 24.3 Å². The van der Waals surface area contributed by atoms with Crippen molar-refractivity contribution in [1.82, 2.24) is 25.1 Å². The van der Waals surface area contributed by atoms with Gasteiger partial charge < -0.3 is 14.8 Å². The molecule has 0 saturated carbocycles. The monoisotopic (exact) mass is 471 g/mol. The molecular weight excluding hydrogens is 442 g/mol. The van der Waals surface area contributed by atoms with Crippen LogP contribution in [0.15, 0.2) is 61.1 Å². The molecular formula is C27H29N5O3. The Morgan fingerprint density at radius 2 is 1.74 bits per heavy atom. The first-order chi connectivity index (χ1) is 16.9. The zero-order valence-corrected chi connectivity index (χ0v) is 20.0. The molecule has 2 N–H and O–H groups in total. The van der Waals surface area contributed by atoms with Gasteiger partial charge in [-0.05, 0) is 56.0 Å². The predicted octanol–water partition coefficient (Wildman–Crippen LogP) is 3.65. The van der Waals surface area contributed by atoms with Gasteiger partial charge in [-0.25, -0.2) is 9.78 Å². The fourth-order valence-electron chi connectivity index (χ4n) is 5.01. The number of rotatable bonds is 5. The topological polar surface area (TPSA) is 96.3 Å². The lowest BCUT2D eigenvalue weighted by atomic mass is 9.87. The quantitative estimate of drug-likeness (QED) is 0.555. The van der Waals surface area contributed by atoms with Gasteiger partial charge in [0.1, 0.15) is 5.54 Å². The highest BCUT2D eigenvalue weighted by Crippen LogP contribution is 2.30. The van der Waals surface area contributed by atoms with Gasteiger partial charge in [0, 0.05) is 36.5 Å². The van der Waals surface area contributed by atoms with E-state index in [1.165, 1.54) is 5.56 Å². The van der Waals surface area contributed by atoms with Crippen LogP contribution in [-0.4, -0.2) is 45.4 Å². The van der Waals surface area contributed by atoms with Crippen molar-refractivity contribution in [2.75, 3.05) is 13.1 Å². The largest absolute Gasteiger partial charge is 0.339 e. The minimum Gasteiger partial charge on any atom is -0.339 e. The van der Waals surface area contributed by atoms with E-state index in [9.17, 15) is 14.4 Å². The number of imidazole rings is 1. The fraction of sp³-hybridized carbons (Fsp3) is 0.333. The molecule has 0 aliphatic carbocycles. The number of amides is 4. The lowest BCUT2D eigenvalue weighted by Crippen LogP contribution is -2.43. The van der Waals surface area contributed by atoms with Crippen LogP contribution in [0.5, 0.6) is 0 Å². The summed E-state index contributed by atoms with van der Waals surface area (Å²) in [5, 5.41) is 5.03. The van der Waals surface area contributed by atoms with Gasteiger partial charge in [-0.3, -0.25) is 14.9 Å². The second-order valence-electron chi connectivity index (χ2n) is 9.35. The van der Waals surface area contributed by atoms with Crippen LogP contribution in [0, 0.1) is 6.92 Å². The second-order valence-corrected chi connectivity index (χ2v) is 9.35. The molecule has 3 heterocycles. The van der Waals surface area contributed by atoms with Gasteiger partial charge in [0.2, 0.25) is 0 Å². The molecule has 1 unspecified atom stereocenters. The third-order valence-corrected chi connectivity index (χ3v) is 7.23. The smallest absolute Gasteiger partial charge is 0.322 e. The average Bonchev–Trinajstić information content (AvgIpc) is 3.49. The molecule has 8 nitrogen and oxygen atoms in total. The van der Waals surface area contributed by atoms with Crippen molar-refractivity contribution in [3.8, 4) is 5.69 Å². The number of likely N-dealkylation sites (tertiary alicyclic amines) is 1. The number of piperidine rings is 1. The lowest BCUT2D eigenvalue weighted by Gasteiger charge is -2.31. The molecule has 2 saturated heterocycles. The molecule has 2 fully saturated rings. The van der Waals surface area contributed by atoms with Gasteiger partial charge in [-0.2, -0.15) is 0 Å². The van der Waals surface area contributed by atoms with Crippen molar-refractivity contribution in [3.05, 3.63) is 83.4 Å². The Bertz CT molecular complexity index is 1260. The molecule has 35 heavy (non-hydrogen) atoms. The molecule has 1 atom stereocenters. The van der Waals surface area contributed by atoms with Gasteiger partial charge in [-0.15, -0.1) is 0 Å². The number of nitrogens with zero attached hydrogens (tertiary/aromatic N) is 3. The molecule has 0 radical (unpaired) electrons. The van der Waals surface area contributed by atoms with E-state index in [-0.39, 0.29) is 11.8 Å². The van der Waals surface area contributed by atoms with E-state index in [4.69, 9.17) is 0 Å². The number of urea groups is 1. The maximum absolute atomic E-state index is 13.1. The molecule has 2 aliphatic rings. The molecule has 2 aromatic carbocycles. The summed E-state index contributed by atoms with van der Waals surface area (Å²) in [6.45, 7) is 5.25. The van der Waals surface area contributed by atoms with Crippen molar-refractivity contribution in [3.63, 3.8) is 0 Å². The van der Waals surface area contributed by atoms with Crippen molar-refractivity contribution < 1.29 is 14.4 Å². The van der Waals surface area contributed by atoms with Crippen LogP contribution in [-0.2, 0) is 10.3 Å². The van der Waals surface area contributed by atoms with Crippen molar-refractivity contribution in [2.24, 2.45) is 0 Å². The maximum atomic E-state index is 13.1. The van der Waals surface area contributed by atoms with Crippen LogP contribution in [0.1, 0.15) is 59.3 Å². The standard InChI is InChI=1S/C27H29N5O3/c1-3-27(25(34)29-26(35)30-27)21-8-6-20(7-9-21)24(33)31-14-12-19(13-15-31)23-16-32(17-28-23)22-10-4-18(2)5-11-22/h4-11,16-17,19H,3,12-15H2,1-2H3,(H2,29,30,34,35). The third kappa shape index (κ3) is 4.20. The van der Waals surface area contributed by atoms with Crippen LogP contribution >= 0.6 is 0 Å². The number of benzene rings is 2. The first-order valence-electron chi connectivity index (χ1n) is 12.0. The summed E-state index contributed by atoms with van der Waals surface area (Å²) in [6.07, 6.45) is 6.09. The van der Waals surface area contributed by atoms with Gasteiger partial charge >= 0.3 is 6.03 Å². The highest BCUT2D eigenvalue weighted by atomic mass is 16.2. The Kier molecular flexibility index (Phi) is 5.88. The Hall–Kier alpha value is -3.94. The maximum Gasteiger partial charge on any atom is 0.322 e. The van der Waals surface area contributed by atoms with E-state index in [0.717, 1.165) is 24.2 Å². The first-order valence-corrected chi connectivity index (χ1v) is 12.0. The van der Waals surface area contributed by atoms with Crippen LogP contribution in [0.3, 0.4) is 0 Å². The third-order valence-electron chi connectivity index (χ3n) is 7.23. The summed E-state index contributed by atoms with van der Waals surface area (Å²) < 4.78 is 2.05. The van der Waals surface area contributed by atoms with Gasteiger partial charge in [0.25, 0.3) is 11.8 Å². The van der Waals surface area contributed by atoms with Gasteiger partial charge in [0.05, 0.1) is 12.0 Å². The number of hydrogen-bond donors (Lipinski definition) is 2. The summed E-state index contributed by atoms with van der Waals surface area (Å²) >= 11 is 0. The van der Waals surface area contributed by atoms with Crippen LogP contribution < -0.4 is 10.6 Å². The van der Waals surface area contributed by atoms with Crippen LogP contribution in [0.25, 0.3) is 5.69 Å². The number of aryl methyl sites for hydroxylation is 1. The van der Waals surface area contributed by atoms with E-state index in [0.29, 0.717) is 36.6 Å². The summed E-state index contributed by atoms with van der Waals surface area (Å²) in [7, 11) is 0. The summed E-state index contributed by atoms with van der Waals surface area (Å²) in [6, 6.07) is 14.8. The Labute approximate surface area is 204 Å². The average molecular weight is 472 g/mol. The Morgan fingerprint density at radius 3 is 2.34 bits per heavy atom. The minimum absolute atomic E-state index is 0.0226. The van der Waals surface area contributed by atoms with E-state index < -0.39 is 11.6 Å². The SMILES string of the molecule is CCC1(c2ccc(C(=O)N3CCC(c4cn(-c5ccc(C)cc5)cn4)CC3)cc2)NC(=O)NC1=O. The molecule has 1 aromatic heterocycles. The highest BCUT2D eigenvalue weighted by Gasteiger charge is 2.46. The Morgan fingerprint density at radius 1 is 1.06 bits per heavy atom. The molecule has 8 heteroatoms. The van der Waals surface area contributed by atoms with Gasteiger partial charge in [0.15, 0.2) is 0 Å². The van der Waals surface area contributed by atoms with E-state index >= 15 is 0 Å². The highest BCUT2D eigenvalue weighted by molar-refractivity contribution is 6.07.